The van der Waals surface area contributed by atoms with Crippen molar-refractivity contribution in [1.82, 2.24) is 14.8 Å². The monoisotopic (exact) mass is 439 g/mol. The summed E-state index contributed by atoms with van der Waals surface area (Å²) in [4.78, 5) is 30.2. The fourth-order valence-electron chi connectivity index (χ4n) is 5.11. The number of carbonyl (C=O) groups excluding carboxylic acids is 2. The lowest BCUT2D eigenvalue weighted by atomic mass is 9.86. The Kier molecular flexibility index (Phi) is 5.08. The van der Waals surface area contributed by atoms with Crippen molar-refractivity contribution in [1.29, 1.82) is 0 Å². The molecule has 1 aliphatic heterocycles. The molecule has 3 heterocycles. The van der Waals surface area contributed by atoms with Crippen LogP contribution in [0.2, 0.25) is 0 Å². The molecule has 1 atom stereocenters. The van der Waals surface area contributed by atoms with E-state index in [0.29, 0.717) is 18.8 Å². The van der Waals surface area contributed by atoms with Crippen LogP contribution in [0.3, 0.4) is 0 Å². The minimum absolute atomic E-state index is 0.0546. The Labute approximate surface area is 184 Å². The average Bonchev–Trinajstić information content (AvgIpc) is 3.36. The maximum atomic E-state index is 13.7. The van der Waals surface area contributed by atoms with E-state index >= 15 is 0 Å². The zero-order chi connectivity index (χ0) is 21.6. The molecule has 1 aromatic carbocycles. The molecule has 162 valence electrons. The lowest BCUT2D eigenvalue weighted by Crippen LogP contribution is -2.66. The third-order valence-electron chi connectivity index (χ3n) is 6.73. The van der Waals surface area contributed by atoms with Crippen molar-refractivity contribution in [3.8, 4) is 0 Å². The van der Waals surface area contributed by atoms with Gasteiger partial charge in [0, 0.05) is 18.0 Å². The number of aromatic nitrogens is 1. The Morgan fingerprint density at radius 1 is 1.19 bits per heavy atom. The number of nitrogens with zero attached hydrogens (tertiary/aromatic N) is 2. The van der Waals surface area contributed by atoms with E-state index in [2.05, 4.69) is 5.32 Å². The second-order valence-corrected chi connectivity index (χ2v) is 9.74. The van der Waals surface area contributed by atoms with Crippen molar-refractivity contribution in [3.63, 3.8) is 0 Å². The highest BCUT2D eigenvalue weighted by Gasteiger charge is 2.50. The van der Waals surface area contributed by atoms with E-state index in [0.717, 1.165) is 41.5 Å². The van der Waals surface area contributed by atoms with Crippen LogP contribution in [0.25, 0.3) is 10.2 Å². The number of nitrogens with one attached hydrogen (secondary N) is 1. The SMILES string of the molecule is CC1(C(=O)NCc2ccc(F)cc2)Cn2c(cc3ccsc32)C(=O)N1C1CCCCC1. The molecule has 5 nitrogen and oxygen atoms in total. The van der Waals surface area contributed by atoms with Crippen LogP contribution in [0.5, 0.6) is 0 Å². The number of hydrogen-bond donors (Lipinski definition) is 1. The van der Waals surface area contributed by atoms with Gasteiger partial charge in [-0.25, -0.2) is 4.39 Å². The Morgan fingerprint density at radius 2 is 1.94 bits per heavy atom. The highest BCUT2D eigenvalue weighted by molar-refractivity contribution is 7.16. The summed E-state index contributed by atoms with van der Waals surface area (Å²) in [6, 6.07) is 10.2. The number of carbonyl (C=O) groups is 2. The molecule has 1 unspecified atom stereocenters. The van der Waals surface area contributed by atoms with Crippen molar-refractivity contribution < 1.29 is 14.0 Å². The normalized spacial score (nSPS) is 22.0. The predicted octanol–water partition coefficient (Wildman–Crippen LogP) is 4.71. The van der Waals surface area contributed by atoms with Crippen LogP contribution >= 0.6 is 11.3 Å². The van der Waals surface area contributed by atoms with Crippen LogP contribution in [-0.4, -0.2) is 32.9 Å². The Bertz CT molecular complexity index is 1130. The van der Waals surface area contributed by atoms with Crippen molar-refractivity contribution in [2.75, 3.05) is 0 Å². The highest BCUT2D eigenvalue weighted by Crippen LogP contribution is 2.38. The molecule has 31 heavy (non-hydrogen) atoms. The summed E-state index contributed by atoms with van der Waals surface area (Å²) in [5.41, 5.74) is 0.519. The Hall–Kier alpha value is -2.67. The molecule has 2 aromatic heterocycles. The van der Waals surface area contributed by atoms with Gasteiger partial charge >= 0.3 is 0 Å². The lowest BCUT2D eigenvalue weighted by molar-refractivity contribution is -0.134. The molecule has 0 radical (unpaired) electrons. The van der Waals surface area contributed by atoms with Gasteiger partial charge in [0.25, 0.3) is 5.91 Å². The molecule has 3 aromatic rings. The summed E-state index contributed by atoms with van der Waals surface area (Å²) in [7, 11) is 0. The van der Waals surface area contributed by atoms with Gasteiger partial charge in [0.05, 0.1) is 6.54 Å². The number of hydrogen-bond acceptors (Lipinski definition) is 3. The van der Waals surface area contributed by atoms with Crippen molar-refractivity contribution in [3.05, 3.63) is 58.9 Å². The topological polar surface area (TPSA) is 54.3 Å². The van der Waals surface area contributed by atoms with Gasteiger partial charge in [-0.3, -0.25) is 9.59 Å². The summed E-state index contributed by atoms with van der Waals surface area (Å²) in [5.74, 6) is -0.524. The first kappa shape index (κ1) is 20.2. The minimum Gasteiger partial charge on any atom is -0.350 e. The molecule has 1 saturated carbocycles. The molecule has 2 amide bonds. The van der Waals surface area contributed by atoms with Crippen LogP contribution in [0, 0.1) is 5.82 Å². The van der Waals surface area contributed by atoms with Crippen molar-refractivity contribution in [2.45, 2.75) is 63.7 Å². The second kappa shape index (κ2) is 7.79. The van der Waals surface area contributed by atoms with Crippen LogP contribution in [-0.2, 0) is 17.9 Å². The molecule has 0 spiro atoms. The van der Waals surface area contributed by atoms with Gasteiger partial charge in [-0.15, -0.1) is 11.3 Å². The molecule has 0 saturated heterocycles. The van der Waals surface area contributed by atoms with Gasteiger partial charge in [-0.1, -0.05) is 31.4 Å². The summed E-state index contributed by atoms with van der Waals surface area (Å²) in [5, 5.41) is 6.08. The second-order valence-electron chi connectivity index (χ2n) is 8.85. The van der Waals surface area contributed by atoms with Crippen molar-refractivity contribution in [2.24, 2.45) is 0 Å². The fourth-order valence-corrected chi connectivity index (χ4v) is 6.00. The number of fused-ring (bicyclic) bond motifs is 3. The maximum Gasteiger partial charge on any atom is 0.271 e. The van der Waals surface area contributed by atoms with E-state index in [1.165, 1.54) is 18.6 Å². The molecule has 2 aliphatic rings. The molecular weight excluding hydrogens is 413 g/mol. The maximum absolute atomic E-state index is 13.7. The molecule has 1 aliphatic carbocycles. The number of rotatable bonds is 4. The van der Waals surface area contributed by atoms with Gasteiger partial charge in [-0.05, 0) is 55.0 Å². The first-order valence-electron chi connectivity index (χ1n) is 10.9. The Morgan fingerprint density at radius 3 is 2.68 bits per heavy atom. The van der Waals surface area contributed by atoms with Crippen molar-refractivity contribution >= 4 is 33.4 Å². The van der Waals surface area contributed by atoms with Crippen LogP contribution < -0.4 is 5.32 Å². The van der Waals surface area contributed by atoms with E-state index < -0.39 is 5.54 Å². The number of amides is 2. The number of benzene rings is 1. The van der Waals surface area contributed by atoms with Crippen LogP contribution in [0.15, 0.2) is 41.8 Å². The third kappa shape index (κ3) is 3.45. The summed E-state index contributed by atoms with van der Waals surface area (Å²) in [6.07, 6.45) is 5.21. The first-order chi connectivity index (χ1) is 15.0. The zero-order valence-electron chi connectivity index (χ0n) is 17.6. The Balaban J connectivity index is 1.49. The third-order valence-corrected chi connectivity index (χ3v) is 7.68. The van der Waals surface area contributed by atoms with E-state index in [9.17, 15) is 14.0 Å². The van der Waals surface area contributed by atoms with Gasteiger partial charge in [0.2, 0.25) is 5.91 Å². The minimum atomic E-state index is -0.984. The first-order valence-corrected chi connectivity index (χ1v) is 11.8. The van der Waals surface area contributed by atoms with Gasteiger partial charge in [0.1, 0.15) is 21.9 Å². The van der Waals surface area contributed by atoms with E-state index in [1.807, 2.05) is 33.9 Å². The summed E-state index contributed by atoms with van der Waals surface area (Å²) < 4.78 is 15.2. The lowest BCUT2D eigenvalue weighted by Gasteiger charge is -2.48. The largest absolute Gasteiger partial charge is 0.350 e. The predicted molar refractivity (Wildman–Crippen MR) is 120 cm³/mol. The summed E-state index contributed by atoms with van der Waals surface area (Å²) >= 11 is 1.60. The van der Waals surface area contributed by atoms with E-state index in [-0.39, 0.29) is 23.7 Å². The van der Waals surface area contributed by atoms with Crippen LogP contribution in [0.1, 0.15) is 55.1 Å². The summed E-state index contributed by atoms with van der Waals surface area (Å²) in [6.45, 7) is 2.63. The molecule has 1 fully saturated rings. The van der Waals surface area contributed by atoms with E-state index in [4.69, 9.17) is 0 Å². The highest BCUT2D eigenvalue weighted by atomic mass is 32.1. The van der Waals surface area contributed by atoms with E-state index in [1.54, 1.807) is 23.5 Å². The molecule has 0 bridgehead atoms. The standard InChI is InChI=1S/C24H26FN3O2S/c1-24(23(30)26-14-16-7-9-18(25)10-8-16)15-27-20(13-17-11-12-31-22(17)27)21(29)28(24)19-5-3-2-4-6-19/h7-13,19H,2-6,14-15H2,1H3,(H,26,30). The van der Waals surface area contributed by atoms with Gasteiger partial charge in [0.15, 0.2) is 0 Å². The molecular formula is C24H26FN3O2S. The molecule has 1 N–H and O–H groups in total. The smallest absolute Gasteiger partial charge is 0.271 e. The zero-order valence-corrected chi connectivity index (χ0v) is 18.4. The number of thiophene rings is 1. The fraction of sp³-hybridized carbons (Fsp3) is 0.417. The average molecular weight is 440 g/mol. The molecule has 7 heteroatoms. The van der Waals surface area contributed by atoms with Crippen LogP contribution in [0.4, 0.5) is 4.39 Å². The van der Waals surface area contributed by atoms with Gasteiger partial charge < -0.3 is 14.8 Å². The number of halogens is 1. The quantitative estimate of drug-likeness (QED) is 0.640. The van der Waals surface area contributed by atoms with Gasteiger partial charge in [-0.2, -0.15) is 0 Å². The molecule has 5 rings (SSSR count).